The molecule has 0 bridgehead atoms. The number of esters is 1. The lowest BCUT2D eigenvalue weighted by Gasteiger charge is -2.48. The van der Waals surface area contributed by atoms with Crippen molar-refractivity contribution >= 4 is 29.1 Å². The van der Waals surface area contributed by atoms with Gasteiger partial charge in [0, 0.05) is 24.0 Å². The molecule has 3 saturated heterocycles. The largest absolute Gasteiger partial charge is 0.459 e. The molecular weight excluding hydrogens is 835 g/mol. The Morgan fingerprint density at radius 3 is 2.17 bits per heavy atom. The number of allylic oxidation sites excluding steroid dienone is 1. The molecule has 1 unspecified atom stereocenters. The van der Waals surface area contributed by atoms with Crippen LogP contribution in [0.25, 0.3) is 5.57 Å². The predicted molar refractivity (Wildman–Crippen MR) is 245 cm³/mol. The van der Waals surface area contributed by atoms with Gasteiger partial charge in [-0.15, -0.1) is 5.73 Å². The Kier molecular flexibility index (Phi) is 11.3. The van der Waals surface area contributed by atoms with E-state index in [0.717, 1.165) is 60.8 Å². The van der Waals surface area contributed by atoms with E-state index >= 15 is 0 Å². The molecule has 0 aromatic heterocycles. The molecule has 3 aromatic carbocycles. The van der Waals surface area contributed by atoms with Gasteiger partial charge in [-0.25, -0.2) is 4.79 Å². The number of Topliss-reactive ketones (excluding diaryl/α,β-unsaturated/α-hetero) is 1. The van der Waals surface area contributed by atoms with Gasteiger partial charge in [0.25, 0.3) is 11.8 Å². The first kappa shape index (κ1) is 45.1. The minimum atomic E-state index is -0.868. The summed E-state index contributed by atoms with van der Waals surface area (Å²) in [6, 6.07) is 21.4. The third-order valence-corrected chi connectivity index (χ3v) is 15.7. The van der Waals surface area contributed by atoms with Gasteiger partial charge in [-0.2, -0.15) is 0 Å². The van der Waals surface area contributed by atoms with Crippen molar-refractivity contribution in [1.29, 1.82) is 0 Å². The Hall–Kier alpha value is -4.74. The van der Waals surface area contributed by atoms with Crippen LogP contribution in [0, 0.1) is 22.7 Å². The SMILES string of the molecule is CC(=C=C(c1ccc(C(=O)OCC2O[C@H]3OC(C)(C)O[C@H]3[C@@H]3OC(C)(C)O[C@H]23)cc1)c1ccc2c(c1)CC[C@@H]1[C@@H]2CC[C@]2(C)C(=O)CC[C@@H]12)CC(C)(C)CCN1C(=O)c2ccccc2C1=O. The van der Waals surface area contributed by atoms with Gasteiger partial charge in [-0.1, -0.05) is 63.2 Å². The van der Waals surface area contributed by atoms with Crippen LogP contribution >= 0.6 is 0 Å². The minimum absolute atomic E-state index is 0.0582. The third kappa shape index (κ3) is 8.13. The van der Waals surface area contributed by atoms with Gasteiger partial charge in [0.2, 0.25) is 0 Å². The highest BCUT2D eigenvalue weighted by Gasteiger charge is 2.61. The molecule has 9 atom stereocenters. The molecule has 2 saturated carbocycles. The smallest absolute Gasteiger partial charge is 0.338 e. The highest BCUT2D eigenvalue weighted by Crippen LogP contribution is 2.59. The number of hydrogen-bond acceptors (Lipinski definition) is 10. The fraction of sp³-hybridized carbons (Fsp3) is 0.545. The summed E-state index contributed by atoms with van der Waals surface area (Å²) in [6.45, 7) is 16.3. The van der Waals surface area contributed by atoms with Crippen LogP contribution in [-0.4, -0.2) is 83.9 Å². The van der Waals surface area contributed by atoms with Crippen LogP contribution in [0.1, 0.15) is 160 Å². The van der Waals surface area contributed by atoms with Gasteiger partial charge >= 0.3 is 5.97 Å². The van der Waals surface area contributed by atoms with Crippen molar-refractivity contribution in [1.82, 2.24) is 4.90 Å². The number of carbonyl (C=O) groups excluding carboxylic acids is 4. The van der Waals surface area contributed by atoms with Gasteiger partial charge in [0.05, 0.1) is 16.7 Å². The number of aryl methyl sites for hydroxylation is 1. The fourth-order valence-corrected chi connectivity index (χ4v) is 12.6. The molecule has 0 radical (unpaired) electrons. The summed E-state index contributed by atoms with van der Waals surface area (Å²) in [5.41, 5.74) is 11.4. The molecule has 0 spiro atoms. The number of ketones is 1. The summed E-state index contributed by atoms with van der Waals surface area (Å²) in [6.07, 6.45) is 4.34. The molecular formula is C55H63NO10. The average molecular weight is 898 g/mol. The zero-order chi connectivity index (χ0) is 46.5. The molecule has 2 amide bonds. The van der Waals surface area contributed by atoms with Gasteiger partial charge < -0.3 is 28.4 Å². The third-order valence-electron chi connectivity index (χ3n) is 15.7. The first-order valence-corrected chi connectivity index (χ1v) is 24.0. The van der Waals surface area contributed by atoms with Gasteiger partial charge in [0.15, 0.2) is 17.9 Å². The number of ether oxygens (including phenoxy) is 6. The van der Waals surface area contributed by atoms with Crippen molar-refractivity contribution in [3.8, 4) is 0 Å². The summed E-state index contributed by atoms with van der Waals surface area (Å²) in [7, 11) is 0. The first-order chi connectivity index (χ1) is 31.3. The molecule has 11 nitrogen and oxygen atoms in total. The van der Waals surface area contributed by atoms with E-state index in [1.807, 2.05) is 39.8 Å². The predicted octanol–water partition coefficient (Wildman–Crippen LogP) is 9.74. The molecule has 0 N–H and O–H groups in total. The number of carbonyl (C=O) groups is 4. The highest BCUT2D eigenvalue weighted by molar-refractivity contribution is 6.21. The van der Waals surface area contributed by atoms with E-state index in [2.05, 4.69) is 51.6 Å². The van der Waals surface area contributed by atoms with Gasteiger partial charge in [-0.3, -0.25) is 19.3 Å². The van der Waals surface area contributed by atoms with E-state index in [1.165, 1.54) is 16.0 Å². The van der Waals surface area contributed by atoms with E-state index in [1.54, 1.807) is 36.4 Å². The molecule has 348 valence electrons. The summed E-state index contributed by atoms with van der Waals surface area (Å²) >= 11 is 0. The lowest BCUT2D eigenvalue weighted by Crippen LogP contribution is -2.56. The van der Waals surface area contributed by atoms with Crippen LogP contribution in [0.4, 0.5) is 0 Å². The topological polar surface area (TPSA) is 127 Å². The van der Waals surface area contributed by atoms with Crippen LogP contribution in [-0.2, 0) is 39.6 Å². The van der Waals surface area contributed by atoms with E-state index < -0.39 is 48.2 Å². The second-order valence-corrected chi connectivity index (χ2v) is 21.8. The second-order valence-electron chi connectivity index (χ2n) is 21.8. The Balaban J connectivity index is 0.897. The number of imide groups is 1. The van der Waals surface area contributed by atoms with Crippen molar-refractivity contribution in [3.05, 3.63) is 117 Å². The molecule has 11 heteroatoms. The maximum atomic E-state index is 13.7. The second kappa shape index (κ2) is 16.5. The fourth-order valence-electron chi connectivity index (χ4n) is 12.6. The number of nitrogens with zero attached hydrogens (tertiary/aromatic N) is 1. The number of hydrogen-bond donors (Lipinski definition) is 0. The van der Waals surface area contributed by atoms with Gasteiger partial charge in [0.1, 0.15) is 36.8 Å². The van der Waals surface area contributed by atoms with Crippen molar-refractivity contribution in [2.45, 2.75) is 155 Å². The lowest BCUT2D eigenvalue weighted by atomic mass is 9.55. The molecule has 4 heterocycles. The molecule has 3 aromatic rings. The highest BCUT2D eigenvalue weighted by atomic mass is 16.9. The Morgan fingerprint density at radius 2 is 1.44 bits per heavy atom. The van der Waals surface area contributed by atoms with Crippen LogP contribution in [0.3, 0.4) is 0 Å². The van der Waals surface area contributed by atoms with Crippen molar-refractivity contribution in [3.63, 3.8) is 0 Å². The molecule has 7 aliphatic rings. The quantitative estimate of drug-likeness (QED) is 0.110. The van der Waals surface area contributed by atoms with Crippen LogP contribution in [0.2, 0.25) is 0 Å². The van der Waals surface area contributed by atoms with Crippen molar-refractivity contribution in [2.75, 3.05) is 13.2 Å². The normalized spacial score (nSPS) is 31.3. The zero-order valence-electron chi connectivity index (χ0n) is 39.6. The molecule has 66 heavy (non-hydrogen) atoms. The van der Waals surface area contributed by atoms with E-state index in [4.69, 9.17) is 28.4 Å². The average Bonchev–Trinajstić information content (AvgIpc) is 3.96. The van der Waals surface area contributed by atoms with E-state index in [9.17, 15) is 19.2 Å². The van der Waals surface area contributed by atoms with Crippen LogP contribution < -0.4 is 0 Å². The minimum Gasteiger partial charge on any atom is -0.459 e. The number of rotatable bonds is 10. The number of amides is 2. The summed E-state index contributed by atoms with van der Waals surface area (Å²) in [4.78, 5) is 54.4. The maximum Gasteiger partial charge on any atom is 0.338 e. The summed E-state index contributed by atoms with van der Waals surface area (Å²) in [5, 5.41) is 0. The van der Waals surface area contributed by atoms with E-state index in [-0.39, 0.29) is 29.3 Å². The summed E-state index contributed by atoms with van der Waals surface area (Å²) < 4.78 is 36.8. The lowest BCUT2D eigenvalue weighted by molar-refractivity contribution is -0.240. The number of benzene rings is 3. The maximum absolute atomic E-state index is 13.7. The molecule has 3 aliphatic carbocycles. The van der Waals surface area contributed by atoms with Crippen molar-refractivity contribution in [2.24, 2.45) is 22.7 Å². The van der Waals surface area contributed by atoms with Gasteiger partial charge in [-0.05, 0) is 155 Å². The van der Waals surface area contributed by atoms with E-state index in [0.29, 0.717) is 59.6 Å². The van der Waals surface area contributed by atoms with Crippen LogP contribution in [0.5, 0.6) is 0 Å². The standard InChI is InChI=1S/C55H63NO10/c1-31(29-52(2,3)25-26-56-48(58)39-11-9-10-12-40(39)49(56)59)27-41(35-17-19-36-34(28-35)18-20-38-37(36)23-24-55(8)42(38)21-22-44(55)57)32-13-15-33(16-14-32)50(60)61-30-43-45-46(64-53(4,5)63-45)47-51(62-43)66-54(6,7)65-47/h9-17,19,28,37-38,42-43,45-47,51H,18,20-26,29-30H2,1-8H3/t27?,37-,38-,42+,43?,45-,46-,47+,51+,55+/m1/s1. The number of fused-ring (bicyclic) bond motifs is 9. The van der Waals surface area contributed by atoms with Crippen LogP contribution in [0.15, 0.2) is 78.0 Å². The molecule has 4 aliphatic heterocycles. The first-order valence-electron chi connectivity index (χ1n) is 24.0. The summed E-state index contributed by atoms with van der Waals surface area (Å²) in [5.74, 6) is -0.773. The Labute approximate surface area is 388 Å². The van der Waals surface area contributed by atoms with Crippen molar-refractivity contribution < 1.29 is 47.6 Å². The molecule has 5 fully saturated rings. The Bertz CT molecular complexity index is 2510. The molecule has 10 rings (SSSR count). The Morgan fingerprint density at radius 1 is 0.788 bits per heavy atom. The zero-order valence-corrected chi connectivity index (χ0v) is 39.6. The monoisotopic (exact) mass is 897 g/mol.